The largest absolute Gasteiger partial charge is 0.311 e. The summed E-state index contributed by atoms with van der Waals surface area (Å²) in [6, 6.07) is 3.36. The first kappa shape index (κ1) is 13.9. The van der Waals surface area contributed by atoms with E-state index in [1.54, 1.807) is 0 Å². The number of hydrogen-bond donors (Lipinski definition) is 1. The van der Waals surface area contributed by atoms with Crippen LogP contribution in [-0.4, -0.2) is 36.1 Å². The van der Waals surface area contributed by atoms with Gasteiger partial charge in [0.05, 0.1) is 0 Å². The van der Waals surface area contributed by atoms with Crippen LogP contribution < -0.4 is 5.32 Å². The molecule has 0 aromatic heterocycles. The highest BCUT2D eigenvalue weighted by atomic mass is 15.2. The molecule has 4 unspecified atom stereocenters. The van der Waals surface area contributed by atoms with E-state index < -0.39 is 0 Å². The number of piperidine rings is 1. The highest BCUT2D eigenvalue weighted by molar-refractivity contribution is 4.97. The van der Waals surface area contributed by atoms with Crippen molar-refractivity contribution in [2.75, 3.05) is 7.05 Å². The second-order valence-corrected chi connectivity index (χ2v) is 7.68. The van der Waals surface area contributed by atoms with Crippen molar-refractivity contribution < 1.29 is 0 Å². The van der Waals surface area contributed by atoms with Gasteiger partial charge in [0.2, 0.25) is 0 Å². The molecule has 4 atom stereocenters. The van der Waals surface area contributed by atoms with E-state index >= 15 is 0 Å². The Labute approximate surface area is 119 Å². The lowest BCUT2D eigenvalue weighted by atomic mass is 9.77. The monoisotopic (exact) mass is 264 g/mol. The molecule has 2 saturated heterocycles. The summed E-state index contributed by atoms with van der Waals surface area (Å²) in [6.07, 6.45) is 11.5. The fourth-order valence-corrected chi connectivity index (χ4v) is 5.01. The molecule has 1 aliphatic carbocycles. The molecule has 2 heterocycles. The molecule has 1 saturated carbocycles. The van der Waals surface area contributed by atoms with Gasteiger partial charge in [-0.2, -0.15) is 0 Å². The van der Waals surface area contributed by atoms with E-state index in [-0.39, 0.29) is 0 Å². The fraction of sp³-hybridized carbons (Fsp3) is 1.00. The number of nitrogens with one attached hydrogen (secondary N) is 1. The van der Waals surface area contributed by atoms with Crippen LogP contribution in [0.4, 0.5) is 0 Å². The molecule has 1 N–H and O–H groups in total. The number of hydrogen-bond acceptors (Lipinski definition) is 2. The van der Waals surface area contributed by atoms with E-state index in [4.69, 9.17) is 0 Å². The highest BCUT2D eigenvalue weighted by Gasteiger charge is 2.39. The maximum atomic E-state index is 4.08. The van der Waals surface area contributed by atoms with Gasteiger partial charge < -0.3 is 10.2 Å². The third-order valence-corrected chi connectivity index (χ3v) is 6.22. The molecule has 2 bridgehead atoms. The summed E-state index contributed by atoms with van der Waals surface area (Å²) < 4.78 is 0. The predicted octanol–water partition coefficient (Wildman–Crippen LogP) is 3.42. The normalized spacial score (nSPS) is 43.9. The Balaban J connectivity index is 1.58. The zero-order valence-electron chi connectivity index (χ0n) is 13.1. The maximum Gasteiger partial charge on any atom is 0.0111 e. The van der Waals surface area contributed by atoms with Crippen LogP contribution in [0.1, 0.15) is 65.2 Å². The highest BCUT2D eigenvalue weighted by Crippen LogP contribution is 2.36. The van der Waals surface area contributed by atoms with Crippen molar-refractivity contribution in [3.63, 3.8) is 0 Å². The molecule has 0 aromatic carbocycles. The molecule has 0 aromatic rings. The van der Waals surface area contributed by atoms with Gasteiger partial charge in [0, 0.05) is 24.2 Å². The standard InChI is InChI=1S/C17H32N2/c1-12(2)16-6-4-5-7-17(16)18-13-10-14-8-9-15(11-13)19(14)3/h12-18H,4-11H2,1-3H3. The molecule has 2 aliphatic heterocycles. The molecule has 110 valence electrons. The Kier molecular flexibility index (Phi) is 4.19. The van der Waals surface area contributed by atoms with Gasteiger partial charge in [-0.05, 0) is 57.4 Å². The topological polar surface area (TPSA) is 15.3 Å². The third-order valence-electron chi connectivity index (χ3n) is 6.22. The van der Waals surface area contributed by atoms with Crippen LogP contribution >= 0.6 is 0 Å². The van der Waals surface area contributed by atoms with Gasteiger partial charge in [-0.25, -0.2) is 0 Å². The summed E-state index contributed by atoms with van der Waals surface area (Å²) in [5, 5.41) is 4.08. The fourth-order valence-electron chi connectivity index (χ4n) is 5.01. The van der Waals surface area contributed by atoms with Crippen LogP contribution in [0.15, 0.2) is 0 Å². The van der Waals surface area contributed by atoms with E-state index in [2.05, 4.69) is 31.1 Å². The lowest BCUT2D eigenvalue weighted by Crippen LogP contribution is -2.52. The molecule has 2 nitrogen and oxygen atoms in total. The molecule has 0 amide bonds. The van der Waals surface area contributed by atoms with Crippen LogP contribution in [0.5, 0.6) is 0 Å². The van der Waals surface area contributed by atoms with E-state index in [1.165, 1.54) is 51.4 Å². The lowest BCUT2D eigenvalue weighted by molar-refractivity contribution is 0.120. The van der Waals surface area contributed by atoms with Crippen LogP contribution in [0.25, 0.3) is 0 Å². The first-order valence-corrected chi connectivity index (χ1v) is 8.63. The van der Waals surface area contributed by atoms with E-state index in [1.807, 2.05) is 0 Å². The quantitative estimate of drug-likeness (QED) is 0.840. The van der Waals surface area contributed by atoms with Crippen LogP contribution in [0, 0.1) is 11.8 Å². The molecule has 3 rings (SSSR count). The summed E-state index contributed by atoms with van der Waals surface area (Å²) in [5.41, 5.74) is 0. The summed E-state index contributed by atoms with van der Waals surface area (Å²) in [5.74, 6) is 1.77. The summed E-state index contributed by atoms with van der Waals surface area (Å²) in [6.45, 7) is 4.84. The minimum absolute atomic E-state index is 0.804. The molecule has 3 fully saturated rings. The van der Waals surface area contributed by atoms with Crippen LogP contribution in [0.2, 0.25) is 0 Å². The summed E-state index contributed by atoms with van der Waals surface area (Å²) >= 11 is 0. The van der Waals surface area contributed by atoms with E-state index in [0.717, 1.165) is 36.0 Å². The van der Waals surface area contributed by atoms with Crippen molar-refractivity contribution >= 4 is 0 Å². The second kappa shape index (κ2) is 5.73. The third kappa shape index (κ3) is 2.85. The lowest BCUT2D eigenvalue weighted by Gasteiger charge is -2.42. The molecule has 0 spiro atoms. The van der Waals surface area contributed by atoms with Gasteiger partial charge in [0.15, 0.2) is 0 Å². The van der Waals surface area contributed by atoms with Crippen molar-refractivity contribution in [1.82, 2.24) is 10.2 Å². The number of fused-ring (bicyclic) bond motifs is 2. The summed E-state index contributed by atoms with van der Waals surface area (Å²) in [7, 11) is 2.34. The number of rotatable bonds is 3. The Hall–Kier alpha value is -0.0800. The Morgan fingerprint density at radius 1 is 0.947 bits per heavy atom. The second-order valence-electron chi connectivity index (χ2n) is 7.68. The average molecular weight is 264 g/mol. The number of nitrogens with zero attached hydrogens (tertiary/aromatic N) is 1. The molecular formula is C17H32N2. The molecule has 3 aliphatic rings. The minimum atomic E-state index is 0.804. The van der Waals surface area contributed by atoms with Crippen LogP contribution in [-0.2, 0) is 0 Å². The maximum absolute atomic E-state index is 4.08. The van der Waals surface area contributed by atoms with Gasteiger partial charge in [-0.1, -0.05) is 26.7 Å². The predicted molar refractivity (Wildman–Crippen MR) is 81.3 cm³/mol. The van der Waals surface area contributed by atoms with Crippen molar-refractivity contribution in [2.45, 2.75) is 89.4 Å². The minimum Gasteiger partial charge on any atom is -0.311 e. The van der Waals surface area contributed by atoms with E-state index in [9.17, 15) is 0 Å². The van der Waals surface area contributed by atoms with Gasteiger partial charge in [-0.3, -0.25) is 0 Å². The average Bonchev–Trinajstić information content (AvgIpc) is 2.63. The molecule has 0 radical (unpaired) electrons. The van der Waals surface area contributed by atoms with Crippen molar-refractivity contribution in [3.05, 3.63) is 0 Å². The zero-order valence-corrected chi connectivity index (χ0v) is 13.1. The van der Waals surface area contributed by atoms with Gasteiger partial charge >= 0.3 is 0 Å². The smallest absolute Gasteiger partial charge is 0.0111 e. The molecule has 19 heavy (non-hydrogen) atoms. The SMILES string of the molecule is CC(C)C1CCCCC1NC1CC2CCC(C1)N2C. The Morgan fingerprint density at radius 3 is 2.21 bits per heavy atom. The Morgan fingerprint density at radius 2 is 1.58 bits per heavy atom. The molecular weight excluding hydrogens is 232 g/mol. The first-order valence-electron chi connectivity index (χ1n) is 8.63. The van der Waals surface area contributed by atoms with Gasteiger partial charge in [0.25, 0.3) is 0 Å². The zero-order chi connectivity index (χ0) is 13.4. The van der Waals surface area contributed by atoms with Crippen molar-refractivity contribution in [1.29, 1.82) is 0 Å². The Bertz CT molecular complexity index is 288. The van der Waals surface area contributed by atoms with Gasteiger partial charge in [0.1, 0.15) is 0 Å². The first-order chi connectivity index (χ1) is 9.15. The summed E-state index contributed by atoms with van der Waals surface area (Å²) in [4.78, 5) is 2.65. The van der Waals surface area contributed by atoms with Crippen LogP contribution in [0.3, 0.4) is 0 Å². The van der Waals surface area contributed by atoms with Crippen molar-refractivity contribution in [2.24, 2.45) is 11.8 Å². The van der Waals surface area contributed by atoms with E-state index in [0.29, 0.717) is 0 Å². The van der Waals surface area contributed by atoms with Crippen molar-refractivity contribution in [3.8, 4) is 0 Å². The van der Waals surface area contributed by atoms with Gasteiger partial charge in [-0.15, -0.1) is 0 Å². The molecule has 2 heteroatoms.